The summed E-state index contributed by atoms with van der Waals surface area (Å²) in [4.78, 5) is 0. The van der Waals surface area contributed by atoms with Crippen LogP contribution in [-0.2, 0) is 5.41 Å². The summed E-state index contributed by atoms with van der Waals surface area (Å²) >= 11 is 5.46. The van der Waals surface area contributed by atoms with Crippen LogP contribution < -0.4 is 0 Å². The molecule has 0 N–H and O–H groups in total. The Morgan fingerprint density at radius 2 is 1.93 bits per heavy atom. The van der Waals surface area contributed by atoms with Crippen molar-refractivity contribution in [1.82, 2.24) is 0 Å². The van der Waals surface area contributed by atoms with E-state index in [2.05, 4.69) is 46.5 Å². The molecule has 0 aromatic heterocycles. The summed E-state index contributed by atoms with van der Waals surface area (Å²) in [6.07, 6.45) is 6.35. The van der Waals surface area contributed by atoms with Gasteiger partial charge in [0.2, 0.25) is 0 Å². The first-order valence-electron chi connectivity index (χ1n) is 5.02. The second kappa shape index (κ2) is 4.28. The first-order chi connectivity index (χ1) is 6.77. The molecule has 1 aromatic carbocycles. The largest absolute Gasteiger partial charge is 0.165 e. The van der Waals surface area contributed by atoms with Crippen molar-refractivity contribution in [3.8, 4) is 0 Å². The topological polar surface area (TPSA) is 0 Å². The summed E-state index contributed by atoms with van der Waals surface area (Å²) in [5.41, 5.74) is 2.03. The van der Waals surface area contributed by atoms with Gasteiger partial charge in [0.05, 0.1) is 0 Å². The van der Waals surface area contributed by atoms with Crippen LogP contribution in [0, 0.1) is 0 Å². The van der Waals surface area contributed by atoms with E-state index < -0.39 is 0 Å². The SMILES string of the molecule is CSCC1(c2ccc(Br)cc2)CCC1. The van der Waals surface area contributed by atoms with Crippen LogP contribution in [0.1, 0.15) is 24.8 Å². The zero-order valence-corrected chi connectivity index (χ0v) is 10.8. The minimum absolute atomic E-state index is 0.500. The standard InChI is InChI=1S/C12H15BrS/c1-14-9-12(7-2-8-12)10-3-5-11(13)6-4-10/h3-6H,2,7-9H2,1H3. The lowest BCUT2D eigenvalue weighted by molar-refractivity contribution is 0.279. The maximum atomic E-state index is 3.49. The van der Waals surface area contributed by atoms with Gasteiger partial charge >= 0.3 is 0 Å². The van der Waals surface area contributed by atoms with E-state index >= 15 is 0 Å². The molecule has 2 rings (SSSR count). The van der Waals surface area contributed by atoms with Gasteiger partial charge in [0.1, 0.15) is 0 Å². The average Bonchev–Trinajstić information content (AvgIpc) is 2.13. The third-order valence-corrected chi connectivity index (χ3v) is 4.56. The maximum Gasteiger partial charge on any atom is 0.0175 e. The molecule has 14 heavy (non-hydrogen) atoms. The molecule has 2 heteroatoms. The Kier molecular flexibility index (Phi) is 3.23. The molecule has 0 atom stereocenters. The highest BCUT2D eigenvalue weighted by molar-refractivity contribution is 9.10. The van der Waals surface area contributed by atoms with Gasteiger partial charge in [-0.05, 0) is 36.8 Å². The van der Waals surface area contributed by atoms with Crippen molar-refractivity contribution in [2.45, 2.75) is 24.7 Å². The number of hydrogen-bond donors (Lipinski definition) is 0. The number of thioether (sulfide) groups is 1. The van der Waals surface area contributed by atoms with Crippen LogP contribution in [0.5, 0.6) is 0 Å². The van der Waals surface area contributed by atoms with Crippen LogP contribution in [0.2, 0.25) is 0 Å². The van der Waals surface area contributed by atoms with Crippen molar-refractivity contribution in [1.29, 1.82) is 0 Å². The molecule has 1 fully saturated rings. The normalized spacial score (nSPS) is 19.0. The fourth-order valence-electron chi connectivity index (χ4n) is 2.20. The van der Waals surface area contributed by atoms with Crippen LogP contribution in [-0.4, -0.2) is 12.0 Å². The van der Waals surface area contributed by atoms with Gasteiger partial charge in [-0.15, -0.1) is 0 Å². The number of halogens is 1. The van der Waals surface area contributed by atoms with Crippen LogP contribution in [0.4, 0.5) is 0 Å². The lowest BCUT2D eigenvalue weighted by atomic mass is 9.66. The lowest BCUT2D eigenvalue weighted by Crippen LogP contribution is -2.36. The monoisotopic (exact) mass is 270 g/mol. The molecule has 0 nitrogen and oxygen atoms in total. The van der Waals surface area contributed by atoms with E-state index in [1.807, 2.05) is 11.8 Å². The predicted octanol–water partition coefficient (Wildman–Crippen LogP) is 4.23. The molecule has 1 aliphatic rings. The van der Waals surface area contributed by atoms with Crippen molar-refractivity contribution in [2.24, 2.45) is 0 Å². The van der Waals surface area contributed by atoms with Gasteiger partial charge in [-0.1, -0.05) is 34.5 Å². The zero-order chi connectivity index (χ0) is 10.0. The zero-order valence-electron chi connectivity index (χ0n) is 8.42. The molecule has 0 radical (unpaired) electrons. The first-order valence-corrected chi connectivity index (χ1v) is 7.20. The van der Waals surface area contributed by atoms with E-state index in [9.17, 15) is 0 Å². The second-order valence-electron chi connectivity index (χ2n) is 4.07. The summed E-state index contributed by atoms with van der Waals surface area (Å²) in [7, 11) is 0. The fraction of sp³-hybridized carbons (Fsp3) is 0.500. The molecule has 0 spiro atoms. The quantitative estimate of drug-likeness (QED) is 0.792. The smallest absolute Gasteiger partial charge is 0.0175 e. The molecule has 0 heterocycles. The highest BCUT2D eigenvalue weighted by Crippen LogP contribution is 2.45. The van der Waals surface area contributed by atoms with Crippen molar-refractivity contribution < 1.29 is 0 Å². The van der Waals surface area contributed by atoms with Crippen LogP contribution >= 0.6 is 27.7 Å². The van der Waals surface area contributed by atoms with Crippen LogP contribution in [0.3, 0.4) is 0 Å². The summed E-state index contributed by atoms with van der Waals surface area (Å²) in [6, 6.07) is 8.88. The molecule has 0 saturated heterocycles. The molecule has 0 amide bonds. The summed E-state index contributed by atoms with van der Waals surface area (Å²) in [5.74, 6) is 1.27. The van der Waals surface area contributed by atoms with Gasteiger partial charge in [0.15, 0.2) is 0 Å². The highest BCUT2D eigenvalue weighted by atomic mass is 79.9. The van der Waals surface area contributed by atoms with Gasteiger partial charge in [0.25, 0.3) is 0 Å². The molecule has 76 valence electrons. The minimum Gasteiger partial charge on any atom is -0.165 e. The van der Waals surface area contributed by atoms with Gasteiger partial charge in [-0.3, -0.25) is 0 Å². The highest BCUT2D eigenvalue weighted by Gasteiger charge is 2.37. The number of hydrogen-bond acceptors (Lipinski definition) is 1. The van der Waals surface area contributed by atoms with Gasteiger partial charge in [0, 0.05) is 15.6 Å². The molecule has 1 aliphatic carbocycles. The van der Waals surface area contributed by atoms with Gasteiger partial charge < -0.3 is 0 Å². The Morgan fingerprint density at radius 1 is 1.29 bits per heavy atom. The van der Waals surface area contributed by atoms with E-state index in [0.29, 0.717) is 5.41 Å². The Labute approximate surface area is 98.6 Å². The van der Waals surface area contributed by atoms with E-state index in [-0.39, 0.29) is 0 Å². The first kappa shape index (κ1) is 10.6. The summed E-state index contributed by atoms with van der Waals surface area (Å²) < 4.78 is 1.18. The molecule has 1 aromatic rings. The Morgan fingerprint density at radius 3 is 2.36 bits per heavy atom. The lowest BCUT2D eigenvalue weighted by Gasteiger charge is -2.42. The number of benzene rings is 1. The number of rotatable bonds is 3. The maximum absolute atomic E-state index is 3.49. The third-order valence-electron chi connectivity index (χ3n) is 3.19. The van der Waals surface area contributed by atoms with Gasteiger partial charge in [-0.25, -0.2) is 0 Å². The van der Waals surface area contributed by atoms with E-state index in [0.717, 1.165) is 0 Å². The predicted molar refractivity (Wildman–Crippen MR) is 68.1 cm³/mol. The Bertz CT molecular complexity index is 301. The molecular formula is C12H15BrS. The van der Waals surface area contributed by atoms with Crippen molar-refractivity contribution >= 4 is 27.7 Å². The Hall–Kier alpha value is 0.0500. The van der Waals surface area contributed by atoms with Gasteiger partial charge in [-0.2, -0.15) is 11.8 Å². The average molecular weight is 271 g/mol. The van der Waals surface area contributed by atoms with Crippen LogP contribution in [0.15, 0.2) is 28.7 Å². The summed E-state index contributed by atoms with van der Waals surface area (Å²) in [5, 5.41) is 0. The molecule has 0 bridgehead atoms. The third kappa shape index (κ3) is 1.87. The fourth-order valence-corrected chi connectivity index (χ4v) is 3.47. The minimum atomic E-state index is 0.500. The molecule has 0 aliphatic heterocycles. The van der Waals surface area contributed by atoms with E-state index in [4.69, 9.17) is 0 Å². The molecule has 0 unspecified atom stereocenters. The van der Waals surface area contributed by atoms with E-state index in [1.54, 1.807) is 0 Å². The van der Waals surface area contributed by atoms with Crippen LogP contribution in [0.25, 0.3) is 0 Å². The summed E-state index contributed by atoms with van der Waals surface area (Å²) in [6.45, 7) is 0. The van der Waals surface area contributed by atoms with E-state index in [1.165, 1.54) is 35.1 Å². The van der Waals surface area contributed by atoms with Crippen molar-refractivity contribution in [2.75, 3.05) is 12.0 Å². The second-order valence-corrected chi connectivity index (χ2v) is 5.86. The van der Waals surface area contributed by atoms with Crippen molar-refractivity contribution in [3.05, 3.63) is 34.3 Å². The van der Waals surface area contributed by atoms with Crippen molar-refractivity contribution in [3.63, 3.8) is 0 Å². The molecular weight excluding hydrogens is 256 g/mol. The molecule has 1 saturated carbocycles. The Balaban J connectivity index is 2.23.